The summed E-state index contributed by atoms with van der Waals surface area (Å²) in [7, 11) is -0.735. The second kappa shape index (κ2) is 1.99. The highest BCUT2D eigenvalue weighted by atomic mass is 28.3. The van der Waals surface area contributed by atoms with E-state index in [2.05, 4.69) is 33.5 Å². The van der Waals surface area contributed by atoms with Crippen LogP contribution in [0.5, 0.6) is 0 Å². The van der Waals surface area contributed by atoms with Gasteiger partial charge in [-0.1, -0.05) is 39.0 Å². The van der Waals surface area contributed by atoms with Crippen LogP contribution in [0.3, 0.4) is 0 Å². The Hall–Kier alpha value is 0.217. The largest absolute Gasteiger partial charge is 0.0694 e. The van der Waals surface area contributed by atoms with Gasteiger partial charge in [-0.15, -0.1) is 0 Å². The minimum Gasteiger partial charge on any atom is -0.0694 e. The Morgan fingerprint density at radius 1 is 1.00 bits per heavy atom. The zero-order valence-corrected chi connectivity index (χ0v) is 7.08. The normalized spacial score (nSPS) is 12.9. The molecule has 0 spiro atoms. The predicted octanol–water partition coefficient (Wildman–Crippen LogP) is 2.73. The maximum absolute atomic E-state index is 2.40. The molecule has 0 aromatic rings. The van der Waals surface area contributed by atoms with E-state index in [1.807, 2.05) is 0 Å². The van der Waals surface area contributed by atoms with Gasteiger partial charge in [-0.05, 0) is 0 Å². The molecule has 0 aliphatic rings. The lowest BCUT2D eigenvalue weighted by molar-refractivity contribution is 1.01. The third-order valence-corrected chi connectivity index (χ3v) is 5.20. The maximum atomic E-state index is 2.40. The van der Waals surface area contributed by atoms with E-state index in [1.54, 1.807) is 0 Å². The van der Waals surface area contributed by atoms with Crippen molar-refractivity contribution in [1.29, 1.82) is 0 Å². The molecule has 0 saturated carbocycles. The molecule has 0 N–H and O–H groups in total. The van der Waals surface area contributed by atoms with Gasteiger partial charge in [-0.25, -0.2) is 0 Å². The van der Waals surface area contributed by atoms with Crippen molar-refractivity contribution in [3.63, 3.8) is 0 Å². The zero-order valence-electron chi connectivity index (χ0n) is 6.08. The summed E-state index contributed by atoms with van der Waals surface area (Å²) in [5, 5.41) is 0. The van der Waals surface area contributed by atoms with Gasteiger partial charge in [0.15, 0.2) is 0 Å². The molecular formula is C6H16Si. The van der Waals surface area contributed by atoms with Crippen molar-refractivity contribution in [1.82, 2.24) is 0 Å². The van der Waals surface area contributed by atoms with Gasteiger partial charge in [0.1, 0.15) is 0 Å². The number of hydrogen-bond donors (Lipinski definition) is 0. The molecule has 0 radical (unpaired) electrons. The molecule has 0 amide bonds. The van der Waals surface area contributed by atoms with E-state index in [-0.39, 0.29) is 0 Å². The van der Waals surface area contributed by atoms with Crippen LogP contribution in [-0.2, 0) is 0 Å². The van der Waals surface area contributed by atoms with Gasteiger partial charge in [-0.2, -0.15) is 0 Å². The van der Waals surface area contributed by atoms with Gasteiger partial charge in [0.25, 0.3) is 0 Å². The maximum Gasteiger partial charge on any atom is 0.0468 e. The van der Waals surface area contributed by atoms with Gasteiger partial charge in [0, 0.05) is 8.07 Å². The van der Waals surface area contributed by atoms with E-state index in [9.17, 15) is 0 Å². The van der Waals surface area contributed by atoms with Gasteiger partial charge in [-0.3, -0.25) is 0 Å². The summed E-state index contributed by atoms with van der Waals surface area (Å²) in [5.41, 5.74) is 0.937. The average molecular weight is 116 g/mol. The summed E-state index contributed by atoms with van der Waals surface area (Å²) >= 11 is 0. The third kappa shape index (κ3) is 2.86. The molecule has 0 aliphatic heterocycles. The molecular weight excluding hydrogens is 100 g/mol. The number of hydrogen-bond acceptors (Lipinski definition) is 0. The third-order valence-electron chi connectivity index (χ3n) is 1.73. The van der Waals surface area contributed by atoms with Crippen LogP contribution in [0.15, 0.2) is 0 Å². The lowest BCUT2D eigenvalue weighted by atomic mass is 10.6. The van der Waals surface area contributed by atoms with Crippen molar-refractivity contribution >= 4 is 8.07 Å². The lowest BCUT2D eigenvalue weighted by Crippen LogP contribution is -2.23. The molecule has 0 bridgehead atoms. The van der Waals surface area contributed by atoms with Gasteiger partial charge < -0.3 is 0 Å². The van der Waals surface area contributed by atoms with Crippen LogP contribution in [0.1, 0.15) is 13.8 Å². The van der Waals surface area contributed by atoms with E-state index in [0.717, 1.165) is 5.54 Å². The van der Waals surface area contributed by atoms with Crippen LogP contribution in [-0.4, -0.2) is 8.07 Å². The summed E-state index contributed by atoms with van der Waals surface area (Å²) in [6.45, 7) is 11.8. The fraction of sp³-hybridized carbons (Fsp3) is 1.00. The van der Waals surface area contributed by atoms with Crippen molar-refractivity contribution in [2.45, 2.75) is 39.0 Å². The Morgan fingerprint density at radius 2 is 1.14 bits per heavy atom. The predicted molar refractivity (Wildman–Crippen MR) is 38.4 cm³/mol. The van der Waals surface area contributed by atoms with Crippen LogP contribution in [0.4, 0.5) is 0 Å². The molecule has 7 heavy (non-hydrogen) atoms. The molecule has 1 heteroatoms. The Labute approximate surface area is 47.9 Å². The van der Waals surface area contributed by atoms with Crippen molar-refractivity contribution in [2.75, 3.05) is 0 Å². The van der Waals surface area contributed by atoms with E-state index >= 15 is 0 Å². The van der Waals surface area contributed by atoms with Crippen molar-refractivity contribution < 1.29 is 0 Å². The first-order valence-corrected chi connectivity index (χ1v) is 6.52. The molecule has 0 atom stereocenters. The Balaban J connectivity index is 3.54. The second-order valence-corrected chi connectivity index (χ2v) is 9.41. The highest BCUT2D eigenvalue weighted by Gasteiger charge is 2.16. The van der Waals surface area contributed by atoms with Crippen LogP contribution < -0.4 is 0 Å². The van der Waals surface area contributed by atoms with Crippen molar-refractivity contribution in [2.24, 2.45) is 0 Å². The first-order valence-electron chi connectivity index (χ1n) is 2.94. The second-order valence-electron chi connectivity index (χ2n) is 3.52. The molecule has 0 unspecified atom stereocenters. The SMILES string of the molecule is CC(C)[Si](C)(C)C. The summed E-state index contributed by atoms with van der Waals surface area (Å²) in [6, 6.07) is 0. The highest BCUT2D eigenvalue weighted by Crippen LogP contribution is 2.18. The molecule has 0 nitrogen and oxygen atoms in total. The average Bonchev–Trinajstić information content (AvgIpc) is 1.31. The first kappa shape index (κ1) is 7.22. The summed E-state index contributed by atoms with van der Waals surface area (Å²) < 4.78 is 0. The van der Waals surface area contributed by atoms with E-state index in [4.69, 9.17) is 0 Å². The Morgan fingerprint density at radius 3 is 1.14 bits per heavy atom. The molecule has 0 heterocycles. The summed E-state index contributed by atoms with van der Waals surface area (Å²) in [6.07, 6.45) is 0. The van der Waals surface area contributed by atoms with E-state index in [1.165, 1.54) is 0 Å². The highest BCUT2D eigenvalue weighted by molar-refractivity contribution is 6.77. The zero-order chi connectivity index (χ0) is 6.08. The Bertz CT molecular complexity index is 49.7. The summed E-state index contributed by atoms with van der Waals surface area (Å²) in [5.74, 6) is 0. The van der Waals surface area contributed by atoms with E-state index < -0.39 is 8.07 Å². The monoisotopic (exact) mass is 116 g/mol. The minimum atomic E-state index is -0.735. The van der Waals surface area contributed by atoms with E-state index in [0.29, 0.717) is 0 Å². The molecule has 0 aromatic carbocycles. The topological polar surface area (TPSA) is 0 Å². The quantitative estimate of drug-likeness (QED) is 0.462. The standard InChI is InChI=1S/C6H16Si/c1-6(2)7(3,4)5/h6H,1-5H3. The Kier molecular flexibility index (Phi) is 2.05. The summed E-state index contributed by atoms with van der Waals surface area (Å²) in [4.78, 5) is 0. The molecule has 0 aliphatic carbocycles. The van der Waals surface area contributed by atoms with Gasteiger partial charge in [0.2, 0.25) is 0 Å². The molecule has 44 valence electrons. The molecule has 0 aromatic heterocycles. The fourth-order valence-corrected chi connectivity index (χ4v) is 0. The molecule has 0 saturated heterocycles. The van der Waals surface area contributed by atoms with Crippen LogP contribution in [0.25, 0.3) is 0 Å². The lowest BCUT2D eigenvalue weighted by Gasteiger charge is -2.19. The number of rotatable bonds is 1. The fourth-order valence-electron chi connectivity index (χ4n) is 0. The van der Waals surface area contributed by atoms with Gasteiger partial charge >= 0.3 is 0 Å². The van der Waals surface area contributed by atoms with Crippen LogP contribution in [0, 0.1) is 0 Å². The minimum absolute atomic E-state index is 0.735. The smallest absolute Gasteiger partial charge is 0.0468 e. The van der Waals surface area contributed by atoms with Gasteiger partial charge in [0.05, 0.1) is 0 Å². The van der Waals surface area contributed by atoms with Crippen molar-refractivity contribution in [3.8, 4) is 0 Å². The van der Waals surface area contributed by atoms with Crippen molar-refractivity contribution in [3.05, 3.63) is 0 Å². The molecule has 0 rings (SSSR count). The molecule has 0 fully saturated rings. The first-order chi connectivity index (χ1) is 2.94. The van der Waals surface area contributed by atoms with Crippen LogP contribution >= 0.6 is 0 Å². The van der Waals surface area contributed by atoms with Crippen LogP contribution in [0.2, 0.25) is 25.2 Å².